The zero-order valence-electron chi connectivity index (χ0n) is 11.1. The van der Waals surface area contributed by atoms with Crippen molar-refractivity contribution in [2.45, 2.75) is 52.0 Å². The average Bonchev–Trinajstić information content (AvgIpc) is 2.30. The smallest absolute Gasteiger partial charge is 0.0332 e. The van der Waals surface area contributed by atoms with Gasteiger partial charge in [-0.2, -0.15) is 0 Å². The van der Waals surface area contributed by atoms with E-state index in [0.717, 1.165) is 25.4 Å². The van der Waals surface area contributed by atoms with Crippen LogP contribution in [0.2, 0.25) is 0 Å². The molecule has 1 rings (SSSR count). The van der Waals surface area contributed by atoms with E-state index in [1.54, 1.807) is 0 Å². The molecule has 0 amide bonds. The first-order chi connectivity index (χ1) is 7.66. The van der Waals surface area contributed by atoms with Gasteiger partial charge in [0.2, 0.25) is 0 Å². The third-order valence-electron chi connectivity index (χ3n) is 4.40. The van der Waals surface area contributed by atoms with Crippen molar-refractivity contribution in [3.63, 3.8) is 0 Å². The highest BCUT2D eigenvalue weighted by Crippen LogP contribution is 2.36. The third kappa shape index (κ3) is 3.08. The van der Waals surface area contributed by atoms with Gasteiger partial charge in [0.25, 0.3) is 0 Å². The molecule has 0 aromatic rings. The van der Waals surface area contributed by atoms with Gasteiger partial charge in [-0.25, -0.2) is 0 Å². The Balaban J connectivity index is 2.53. The minimum absolute atomic E-state index is 0.194. The fraction of sp³-hybridized carbons (Fsp3) is 0.857. The molecule has 0 saturated heterocycles. The molecule has 1 aliphatic rings. The molecular weight excluding hydrogens is 196 g/mol. The first kappa shape index (κ1) is 13.7. The van der Waals surface area contributed by atoms with E-state index in [9.17, 15) is 0 Å². The van der Waals surface area contributed by atoms with Crippen molar-refractivity contribution in [1.82, 2.24) is 5.32 Å². The van der Waals surface area contributed by atoms with E-state index in [1.165, 1.54) is 19.3 Å². The lowest BCUT2D eigenvalue weighted by Gasteiger charge is -2.46. The van der Waals surface area contributed by atoms with Gasteiger partial charge in [0, 0.05) is 12.1 Å². The highest BCUT2D eigenvalue weighted by atomic mass is 15.0. The summed E-state index contributed by atoms with van der Waals surface area (Å²) < 4.78 is 0. The lowest BCUT2D eigenvalue weighted by Crippen LogP contribution is -2.59. The SMILES string of the molecule is C/C=C/CCNC1(CN)CCCC(C)C1C. The number of nitrogens with two attached hydrogens (primary N) is 1. The van der Waals surface area contributed by atoms with Crippen LogP contribution in [0, 0.1) is 11.8 Å². The first-order valence-electron chi connectivity index (χ1n) is 6.72. The first-order valence-corrected chi connectivity index (χ1v) is 6.72. The van der Waals surface area contributed by atoms with E-state index in [0.29, 0.717) is 5.92 Å². The van der Waals surface area contributed by atoms with Gasteiger partial charge < -0.3 is 11.1 Å². The van der Waals surface area contributed by atoms with Crippen LogP contribution in [0.25, 0.3) is 0 Å². The Hall–Kier alpha value is -0.340. The number of allylic oxidation sites excluding steroid dienone is 1. The molecule has 3 unspecified atom stereocenters. The van der Waals surface area contributed by atoms with Gasteiger partial charge in [-0.3, -0.25) is 0 Å². The van der Waals surface area contributed by atoms with Crippen LogP contribution in [0.4, 0.5) is 0 Å². The Bertz CT molecular complexity index is 225. The second-order valence-corrected chi connectivity index (χ2v) is 5.30. The molecule has 0 heterocycles. The maximum absolute atomic E-state index is 6.03. The summed E-state index contributed by atoms with van der Waals surface area (Å²) in [6, 6.07) is 0. The summed E-state index contributed by atoms with van der Waals surface area (Å²) in [6.45, 7) is 8.62. The van der Waals surface area contributed by atoms with Gasteiger partial charge in [0.15, 0.2) is 0 Å². The van der Waals surface area contributed by atoms with Crippen LogP contribution in [-0.2, 0) is 0 Å². The Labute approximate surface area is 101 Å². The Morgan fingerprint density at radius 1 is 1.44 bits per heavy atom. The lowest BCUT2D eigenvalue weighted by atomic mass is 9.68. The zero-order chi connectivity index (χ0) is 12.0. The molecule has 0 radical (unpaired) electrons. The number of hydrogen-bond acceptors (Lipinski definition) is 2. The summed E-state index contributed by atoms with van der Waals surface area (Å²) in [6.07, 6.45) is 9.36. The van der Waals surface area contributed by atoms with Crippen LogP contribution >= 0.6 is 0 Å². The Morgan fingerprint density at radius 3 is 2.81 bits per heavy atom. The molecule has 2 nitrogen and oxygen atoms in total. The minimum Gasteiger partial charge on any atom is -0.329 e. The molecule has 3 atom stereocenters. The molecule has 0 aromatic carbocycles. The molecular formula is C14H28N2. The predicted molar refractivity (Wildman–Crippen MR) is 71.4 cm³/mol. The molecule has 0 bridgehead atoms. The molecule has 0 spiro atoms. The van der Waals surface area contributed by atoms with Crippen molar-refractivity contribution in [2.24, 2.45) is 17.6 Å². The molecule has 1 fully saturated rings. The fourth-order valence-corrected chi connectivity index (χ4v) is 2.94. The minimum atomic E-state index is 0.194. The maximum atomic E-state index is 6.03. The highest BCUT2D eigenvalue weighted by Gasteiger charge is 2.39. The second-order valence-electron chi connectivity index (χ2n) is 5.30. The van der Waals surface area contributed by atoms with Gasteiger partial charge in [-0.1, -0.05) is 38.8 Å². The molecule has 2 heteroatoms. The summed E-state index contributed by atoms with van der Waals surface area (Å²) in [7, 11) is 0. The van der Waals surface area contributed by atoms with Crippen LogP contribution in [0.15, 0.2) is 12.2 Å². The topological polar surface area (TPSA) is 38.0 Å². The standard InChI is InChI=1S/C14H28N2/c1-4-5-6-10-16-14(11-15)9-7-8-12(2)13(14)3/h4-5,12-13,16H,6-11,15H2,1-3H3/b5-4+. The molecule has 1 aliphatic carbocycles. The molecule has 3 N–H and O–H groups in total. The molecule has 94 valence electrons. The zero-order valence-corrected chi connectivity index (χ0v) is 11.1. The van der Waals surface area contributed by atoms with Gasteiger partial charge in [0.05, 0.1) is 0 Å². The quantitative estimate of drug-likeness (QED) is 0.556. The van der Waals surface area contributed by atoms with Gasteiger partial charge in [0.1, 0.15) is 0 Å². The van der Waals surface area contributed by atoms with Crippen LogP contribution < -0.4 is 11.1 Å². The molecule has 1 saturated carbocycles. The normalized spacial score (nSPS) is 35.8. The van der Waals surface area contributed by atoms with Crippen LogP contribution in [0.3, 0.4) is 0 Å². The fourth-order valence-electron chi connectivity index (χ4n) is 2.94. The van der Waals surface area contributed by atoms with Crippen molar-refractivity contribution in [1.29, 1.82) is 0 Å². The molecule has 0 aliphatic heterocycles. The Kier molecular flexibility index (Phi) is 5.50. The van der Waals surface area contributed by atoms with E-state index in [4.69, 9.17) is 5.73 Å². The van der Waals surface area contributed by atoms with Crippen LogP contribution in [0.5, 0.6) is 0 Å². The van der Waals surface area contributed by atoms with E-state index in [2.05, 4.69) is 38.2 Å². The summed E-state index contributed by atoms with van der Waals surface area (Å²) in [5, 5.41) is 3.72. The second kappa shape index (κ2) is 6.41. The summed E-state index contributed by atoms with van der Waals surface area (Å²) in [4.78, 5) is 0. The molecule has 0 aromatic heterocycles. The number of hydrogen-bond donors (Lipinski definition) is 2. The summed E-state index contributed by atoms with van der Waals surface area (Å²) in [5.41, 5.74) is 6.22. The van der Waals surface area contributed by atoms with Gasteiger partial charge >= 0.3 is 0 Å². The maximum Gasteiger partial charge on any atom is 0.0332 e. The molecule has 16 heavy (non-hydrogen) atoms. The van der Waals surface area contributed by atoms with Crippen molar-refractivity contribution < 1.29 is 0 Å². The van der Waals surface area contributed by atoms with E-state index >= 15 is 0 Å². The monoisotopic (exact) mass is 224 g/mol. The largest absolute Gasteiger partial charge is 0.329 e. The van der Waals surface area contributed by atoms with E-state index in [1.807, 2.05) is 0 Å². The van der Waals surface area contributed by atoms with E-state index < -0.39 is 0 Å². The average molecular weight is 224 g/mol. The predicted octanol–water partition coefficient (Wildman–Crippen LogP) is 2.70. The third-order valence-corrected chi connectivity index (χ3v) is 4.40. The van der Waals surface area contributed by atoms with Crippen molar-refractivity contribution in [2.75, 3.05) is 13.1 Å². The van der Waals surface area contributed by atoms with Gasteiger partial charge in [-0.05, 0) is 38.1 Å². The van der Waals surface area contributed by atoms with Crippen LogP contribution in [-0.4, -0.2) is 18.6 Å². The lowest BCUT2D eigenvalue weighted by molar-refractivity contribution is 0.113. The van der Waals surface area contributed by atoms with Crippen molar-refractivity contribution in [3.8, 4) is 0 Å². The van der Waals surface area contributed by atoms with Crippen molar-refractivity contribution in [3.05, 3.63) is 12.2 Å². The summed E-state index contributed by atoms with van der Waals surface area (Å²) >= 11 is 0. The number of rotatable bonds is 5. The van der Waals surface area contributed by atoms with Crippen molar-refractivity contribution >= 4 is 0 Å². The Morgan fingerprint density at radius 2 is 2.19 bits per heavy atom. The van der Waals surface area contributed by atoms with Gasteiger partial charge in [-0.15, -0.1) is 0 Å². The number of nitrogens with one attached hydrogen (secondary N) is 1. The van der Waals surface area contributed by atoms with Crippen LogP contribution in [0.1, 0.15) is 46.5 Å². The van der Waals surface area contributed by atoms with E-state index in [-0.39, 0.29) is 5.54 Å². The summed E-state index contributed by atoms with van der Waals surface area (Å²) in [5.74, 6) is 1.49. The highest BCUT2D eigenvalue weighted by molar-refractivity contribution is 4.99.